The van der Waals surface area contributed by atoms with Gasteiger partial charge in [-0.2, -0.15) is 0 Å². The lowest BCUT2D eigenvalue weighted by molar-refractivity contribution is 0.256. The molecule has 0 bridgehead atoms. The third kappa shape index (κ3) is 3.30. The zero-order chi connectivity index (χ0) is 12.9. The zero-order valence-electron chi connectivity index (χ0n) is 11.2. The zero-order valence-corrected chi connectivity index (χ0v) is 11.2. The van der Waals surface area contributed by atoms with Crippen LogP contribution < -0.4 is 20.1 Å². The van der Waals surface area contributed by atoms with Crippen LogP contribution in [-0.4, -0.2) is 51.0 Å². The molecule has 0 aromatic heterocycles. The SMILES string of the molecule is c1cc2c(cc1NCN1CCNCC1)OCCCO2. The number of benzene rings is 1. The lowest BCUT2D eigenvalue weighted by Crippen LogP contribution is -2.45. The van der Waals surface area contributed by atoms with Crippen molar-refractivity contribution < 1.29 is 9.47 Å². The quantitative estimate of drug-likeness (QED) is 0.856. The molecule has 5 heteroatoms. The van der Waals surface area contributed by atoms with Gasteiger partial charge in [-0.15, -0.1) is 0 Å². The molecule has 2 aliphatic heterocycles. The maximum atomic E-state index is 5.69. The van der Waals surface area contributed by atoms with Crippen LogP contribution in [0.25, 0.3) is 0 Å². The number of rotatable bonds is 3. The van der Waals surface area contributed by atoms with E-state index in [0.717, 1.165) is 69.7 Å². The fourth-order valence-corrected chi connectivity index (χ4v) is 2.35. The lowest BCUT2D eigenvalue weighted by Gasteiger charge is -2.27. The highest BCUT2D eigenvalue weighted by molar-refractivity contribution is 5.54. The summed E-state index contributed by atoms with van der Waals surface area (Å²) in [5, 5.41) is 6.80. The van der Waals surface area contributed by atoms with Crippen LogP contribution in [0.4, 0.5) is 5.69 Å². The van der Waals surface area contributed by atoms with Gasteiger partial charge >= 0.3 is 0 Å². The number of ether oxygens (including phenoxy) is 2. The van der Waals surface area contributed by atoms with Crippen molar-refractivity contribution >= 4 is 5.69 Å². The first-order chi connectivity index (χ1) is 9.42. The highest BCUT2D eigenvalue weighted by Gasteiger charge is 2.12. The minimum atomic E-state index is 0.730. The minimum Gasteiger partial charge on any atom is -0.490 e. The number of anilines is 1. The summed E-state index contributed by atoms with van der Waals surface area (Å²) in [5.74, 6) is 1.70. The molecule has 0 aliphatic carbocycles. The van der Waals surface area contributed by atoms with Gasteiger partial charge in [-0.05, 0) is 12.1 Å². The summed E-state index contributed by atoms with van der Waals surface area (Å²) < 4.78 is 11.3. The van der Waals surface area contributed by atoms with Crippen molar-refractivity contribution in [3.05, 3.63) is 18.2 Å². The Morgan fingerprint density at radius 3 is 2.74 bits per heavy atom. The van der Waals surface area contributed by atoms with Crippen molar-refractivity contribution in [2.45, 2.75) is 6.42 Å². The topological polar surface area (TPSA) is 45.8 Å². The largest absolute Gasteiger partial charge is 0.490 e. The number of nitrogens with zero attached hydrogens (tertiary/aromatic N) is 1. The minimum absolute atomic E-state index is 0.730. The Kier molecular flexibility index (Phi) is 4.05. The molecular weight excluding hydrogens is 242 g/mol. The molecule has 19 heavy (non-hydrogen) atoms. The molecule has 2 heterocycles. The Morgan fingerprint density at radius 1 is 1.11 bits per heavy atom. The molecular formula is C14H21N3O2. The summed E-state index contributed by atoms with van der Waals surface area (Å²) in [5.41, 5.74) is 1.09. The first-order valence-corrected chi connectivity index (χ1v) is 6.98. The van der Waals surface area contributed by atoms with Crippen LogP contribution in [0, 0.1) is 0 Å². The third-order valence-corrected chi connectivity index (χ3v) is 3.46. The summed E-state index contributed by atoms with van der Waals surface area (Å²) in [7, 11) is 0. The van der Waals surface area contributed by atoms with Gasteiger partial charge in [0.05, 0.1) is 19.9 Å². The second-order valence-corrected chi connectivity index (χ2v) is 4.91. The van der Waals surface area contributed by atoms with E-state index in [0.29, 0.717) is 0 Å². The van der Waals surface area contributed by atoms with Gasteiger partial charge in [0.1, 0.15) is 0 Å². The molecule has 104 valence electrons. The van der Waals surface area contributed by atoms with E-state index in [2.05, 4.69) is 21.6 Å². The van der Waals surface area contributed by atoms with Gasteiger partial charge in [0.25, 0.3) is 0 Å². The Bertz CT molecular complexity index is 419. The summed E-state index contributed by atoms with van der Waals surface area (Å²) in [4.78, 5) is 2.40. The van der Waals surface area contributed by atoms with E-state index in [-0.39, 0.29) is 0 Å². The maximum Gasteiger partial charge on any atom is 0.163 e. The fraction of sp³-hybridized carbons (Fsp3) is 0.571. The van der Waals surface area contributed by atoms with Gasteiger partial charge in [-0.1, -0.05) is 0 Å². The van der Waals surface area contributed by atoms with Crippen LogP contribution in [0.15, 0.2) is 18.2 Å². The molecule has 0 radical (unpaired) electrons. The molecule has 3 rings (SSSR count). The summed E-state index contributed by atoms with van der Waals surface area (Å²) in [6, 6.07) is 6.07. The van der Waals surface area contributed by atoms with Gasteiger partial charge in [0.15, 0.2) is 11.5 Å². The van der Waals surface area contributed by atoms with Crippen molar-refractivity contribution in [2.24, 2.45) is 0 Å². The third-order valence-electron chi connectivity index (χ3n) is 3.46. The summed E-state index contributed by atoms with van der Waals surface area (Å²) in [6.07, 6.45) is 0.943. The average Bonchev–Trinajstić information content (AvgIpc) is 2.71. The number of hydrogen-bond donors (Lipinski definition) is 2. The van der Waals surface area contributed by atoms with Crippen LogP contribution in [0.3, 0.4) is 0 Å². The van der Waals surface area contributed by atoms with Crippen LogP contribution in [0.1, 0.15) is 6.42 Å². The molecule has 0 spiro atoms. The molecule has 1 aromatic carbocycles. The van der Waals surface area contributed by atoms with Crippen LogP contribution >= 0.6 is 0 Å². The van der Waals surface area contributed by atoms with Gasteiger partial charge < -0.3 is 20.1 Å². The lowest BCUT2D eigenvalue weighted by atomic mass is 10.2. The van der Waals surface area contributed by atoms with Gasteiger partial charge in [-0.25, -0.2) is 0 Å². The first kappa shape index (κ1) is 12.6. The van der Waals surface area contributed by atoms with E-state index < -0.39 is 0 Å². The van der Waals surface area contributed by atoms with E-state index in [4.69, 9.17) is 9.47 Å². The molecule has 1 saturated heterocycles. The smallest absolute Gasteiger partial charge is 0.163 e. The number of fused-ring (bicyclic) bond motifs is 1. The molecule has 0 atom stereocenters. The standard InChI is InChI=1S/C14H21N3O2/c1-8-18-13-3-2-12(10-14(13)19-9-1)16-11-17-6-4-15-5-7-17/h2-3,10,15-16H,1,4-9,11H2. The predicted molar refractivity (Wildman–Crippen MR) is 75.0 cm³/mol. The van der Waals surface area contributed by atoms with Gasteiger partial charge in [0, 0.05) is 44.4 Å². The van der Waals surface area contributed by atoms with E-state index in [9.17, 15) is 0 Å². The summed E-state index contributed by atoms with van der Waals surface area (Å²) in [6.45, 7) is 6.68. The number of piperazine rings is 1. The molecule has 0 amide bonds. The van der Waals surface area contributed by atoms with Crippen LogP contribution in [-0.2, 0) is 0 Å². The van der Waals surface area contributed by atoms with Gasteiger partial charge in [0.2, 0.25) is 0 Å². The second-order valence-electron chi connectivity index (χ2n) is 4.91. The van der Waals surface area contributed by atoms with Crippen LogP contribution in [0.2, 0.25) is 0 Å². The molecule has 0 saturated carbocycles. The van der Waals surface area contributed by atoms with E-state index in [1.165, 1.54) is 0 Å². The Labute approximate surface area is 113 Å². The van der Waals surface area contributed by atoms with Crippen molar-refractivity contribution in [3.8, 4) is 11.5 Å². The van der Waals surface area contributed by atoms with E-state index in [1.54, 1.807) is 0 Å². The molecule has 2 aliphatic rings. The normalized spacial score (nSPS) is 19.8. The highest BCUT2D eigenvalue weighted by atomic mass is 16.5. The Morgan fingerprint density at radius 2 is 1.89 bits per heavy atom. The molecule has 1 aromatic rings. The molecule has 5 nitrogen and oxygen atoms in total. The van der Waals surface area contributed by atoms with Crippen molar-refractivity contribution in [1.82, 2.24) is 10.2 Å². The molecule has 1 fully saturated rings. The van der Waals surface area contributed by atoms with Crippen molar-refractivity contribution in [1.29, 1.82) is 0 Å². The highest BCUT2D eigenvalue weighted by Crippen LogP contribution is 2.32. The molecule has 2 N–H and O–H groups in total. The monoisotopic (exact) mass is 263 g/mol. The summed E-state index contributed by atoms with van der Waals surface area (Å²) >= 11 is 0. The van der Waals surface area contributed by atoms with E-state index >= 15 is 0 Å². The molecule has 0 unspecified atom stereocenters. The fourth-order valence-electron chi connectivity index (χ4n) is 2.35. The average molecular weight is 263 g/mol. The first-order valence-electron chi connectivity index (χ1n) is 6.98. The number of hydrogen-bond acceptors (Lipinski definition) is 5. The van der Waals surface area contributed by atoms with Crippen molar-refractivity contribution in [2.75, 3.05) is 51.4 Å². The van der Waals surface area contributed by atoms with Gasteiger partial charge in [-0.3, -0.25) is 4.90 Å². The van der Waals surface area contributed by atoms with E-state index in [1.807, 2.05) is 12.1 Å². The Hall–Kier alpha value is -1.46. The maximum absolute atomic E-state index is 5.69. The predicted octanol–water partition coefficient (Wildman–Crippen LogP) is 1.12. The Balaban J connectivity index is 1.60. The van der Waals surface area contributed by atoms with Crippen molar-refractivity contribution in [3.63, 3.8) is 0 Å². The second kappa shape index (κ2) is 6.12. The number of nitrogens with one attached hydrogen (secondary N) is 2. The van der Waals surface area contributed by atoms with Crippen LogP contribution in [0.5, 0.6) is 11.5 Å².